The van der Waals surface area contributed by atoms with E-state index in [9.17, 15) is 9.90 Å². The molecule has 2 aromatic carbocycles. The Kier molecular flexibility index (Phi) is 5.70. The molecule has 0 saturated heterocycles. The van der Waals surface area contributed by atoms with Crippen LogP contribution >= 0.6 is 7.92 Å². The third kappa shape index (κ3) is 3.65. The van der Waals surface area contributed by atoms with Crippen LogP contribution in [-0.2, 0) is 4.79 Å². The van der Waals surface area contributed by atoms with E-state index in [1.165, 1.54) is 10.6 Å². The highest BCUT2D eigenvalue weighted by molar-refractivity contribution is 7.77. The van der Waals surface area contributed by atoms with Crippen molar-refractivity contribution in [2.75, 3.05) is 14.1 Å². The van der Waals surface area contributed by atoms with E-state index in [-0.39, 0.29) is 12.0 Å². The second-order valence-electron chi connectivity index (χ2n) is 6.70. The van der Waals surface area contributed by atoms with E-state index in [1.807, 2.05) is 56.6 Å². The molecule has 26 heavy (non-hydrogen) atoms. The van der Waals surface area contributed by atoms with Crippen LogP contribution in [0.4, 0.5) is 0 Å². The van der Waals surface area contributed by atoms with Crippen LogP contribution in [0.15, 0.2) is 83.7 Å². The van der Waals surface area contributed by atoms with Crippen molar-refractivity contribution in [1.82, 2.24) is 4.90 Å². The van der Waals surface area contributed by atoms with Crippen LogP contribution in [0.2, 0.25) is 0 Å². The van der Waals surface area contributed by atoms with Crippen molar-refractivity contribution < 1.29 is 9.90 Å². The molecule has 0 aromatic heterocycles. The second kappa shape index (κ2) is 7.99. The smallest absolute Gasteiger partial charge is 0.332 e. The number of rotatable bonds is 6. The number of hydrogen-bond acceptors (Lipinski definition) is 2. The minimum atomic E-state index is -0.901. The summed E-state index contributed by atoms with van der Waals surface area (Å²) in [4.78, 5) is 14.3. The summed E-state index contributed by atoms with van der Waals surface area (Å²) >= 11 is 0. The molecule has 1 N–H and O–H groups in total. The predicted octanol–water partition coefficient (Wildman–Crippen LogP) is 3.59. The van der Waals surface area contributed by atoms with Gasteiger partial charge in [-0.2, -0.15) is 0 Å². The van der Waals surface area contributed by atoms with Crippen molar-refractivity contribution in [1.29, 1.82) is 0 Å². The molecule has 0 fully saturated rings. The molecule has 0 spiro atoms. The maximum absolute atomic E-state index is 12.2. The van der Waals surface area contributed by atoms with E-state index in [0.717, 1.165) is 5.31 Å². The minimum absolute atomic E-state index is 0.102. The lowest BCUT2D eigenvalue weighted by Gasteiger charge is -2.27. The molecule has 2 atom stereocenters. The summed E-state index contributed by atoms with van der Waals surface area (Å²) in [6, 6.07) is 20.6. The van der Waals surface area contributed by atoms with Gasteiger partial charge in [-0.3, -0.25) is 0 Å². The Morgan fingerprint density at radius 3 is 1.92 bits per heavy atom. The van der Waals surface area contributed by atoms with Gasteiger partial charge in [0.25, 0.3) is 0 Å². The van der Waals surface area contributed by atoms with Crippen LogP contribution in [0.5, 0.6) is 0 Å². The Hall–Kier alpha value is -2.22. The van der Waals surface area contributed by atoms with Gasteiger partial charge < -0.3 is 10.0 Å². The molecule has 0 saturated carbocycles. The molecule has 1 aliphatic rings. The summed E-state index contributed by atoms with van der Waals surface area (Å²) in [6.45, 7) is 2.08. The number of carbonyl (C=O) groups is 1. The summed E-state index contributed by atoms with van der Waals surface area (Å²) in [7, 11) is 3.09. The Morgan fingerprint density at radius 2 is 1.50 bits per heavy atom. The van der Waals surface area contributed by atoms with Crippen molar-refractivity contribution in [2.24, 2.45) is 5.92 Å². The lowest BCUT2D eigenvalue weighted by Crippen LogP contribution is -2.33. The number of hydrogen-bond donors (Lipinski definition) is 1. The molecule has 2 aromatic rings. The van der Waals surface area contributed by atoms with Crippen molar-refractivity contribution in [3.05, 3.63) is 83.7 Å². The minimum Gasteiger partial charge on any atom is -0.478 e. The van der Waals surface area contributed by atoms with E-state index >= 15 is 0 Å². The Labute approximate surface area is 156 Å². The van der Waals surface area contributed by atoms with Gasteiger partial charge >= 0.3 is 5.97 Å². The lowest BCUT2D eigenvalue weighted by molar-refractivity contribution is -0.133. The van der Waals surface area contributed by atoms with Gasteiger partial charge in [0.1, 0.15) is 0 Å². The van der Waals surface area contributed by atoms with Gasteiger partial charge in [-0.1, -0.05) is 72.8 Å². The first-order valence-corrected chi connectivity index (χ1v) is 10.1. The van der Waals surface area contributed by atoms with Gasteiger partial charge in [0.15, 0.2) is 0 Å². The van der Waals surface area contributed by atoms with Crippen molar-refractivity contribution in [3.8, 4) is 0 Å². The zero-order valence-corrected chi connectivity index (χ0v) is 16.2. The maximum Gasteiger partial charge on any atom is 0.332 e. The highest BCUT2D eigenvalue weighted by atomic mass is 31.1. The monoisotopic (exact) mass is 365 g/mol. The summed E-state index contributed by atoms with van der Waals surface area (Å²) in [5.74, 6) is -0.919. The van der Waals surface area contributed by atoms with Crippen molar-refractivity contribution >= 4 is 24.5 Å². The van der Waals surface area contributed by atoms with Crippen LogP contribution in [0.3, 0.4) is 0 Å². The standard InChI is InChI=1S/C22H24NO2P/c1-16(23(2)3)19-14-15-20(21(19)22(24)25)26(17-10-6-4-7-11-17)18-12-8-5-9-13-18/h4-16,19H,1-3H3,(H,24,25)/t16-,19?/m1/s1. The molecule has 1 unspecified atom stereocenters. The first kappa shape index (κ1) is 18.6. The quantitative estimate of drug-likeness (QED) is 0.796. The molecule has 0 aliphatic heterocycles. The number of allylic oxidation sites excluding steroid dienone is 2. The Morgan fingerprint density at radius 1 is 1.00 bits per heavy atom. The summed E-state index contributed by atoms with van der Waals surface area (Å²) in [5, 5.41) is 13.3. The van der Waals surface area contributed by atoms with Gasteiger partial charge in [0, 0.05) is 12.0 Å². The maximum atomic E-state index is 12.2. The molecule has 0 bridgehead atoms. The number of aliphatic carboxylic acids is 1. The van der Waals surface area contributed by atoms with Crippen molar-refractivity contribution in [2.45, 2.75) is 13.0 Å². The number of benzene rings is 2. The van der Waals surface area contributed by atoms with E-state index in [1.54, 1.807) is 0 Å². The highest BCUT2D eigenvalue weighted by Gasteiger charge is 2.35. The molecule has 0 heterocycles. The number of carboxylic acid groups (broad SMARTS) is 1. The molecule has 0 amide bonds. The van der Waals surface area contributed by atoms with Gasteiger partial charge in [-0.15, -0.1) is 0 Å². The molecular weight excluding hydrogens is 341 g/mol. The molecule has 4 heteroatoms. The second-order valence-corrected chi connectivity index (χ2v) is 8.89. The normalized spacial score (nSPS) is 18.0. The lowest BCUT2D eigenvalue weighted by atomic mass is 9.94. The molecule has 1 aliphatic carbocycles. The predicted molar refractivity (Wildman–Crippen MR) is 110 cm³/mol. The van der Waals surface area contributed by atoms with Crippen LogP contribution in [0.25, 0.3) is 0 Å². The number of carboxylic acids is 1. The fraction of sp³-hybridized carbons (Fsp3) is 0.227. The zero-order valence-electron chi connectivity index (χ0n) is 15.3. The van der Waals surface area contributed by atoms with E-state index in [0.29, 0.717) is 5.57 Å². The summed E-state index contributed by atoms with van der Waals surface area (Å²) < 4.78 is 0. The van der Waals surface area contributed by atoms with Crippen LogP contribution in [-0.4, -0.2) is 36.1 Å². The van der Waals surface area contributed by atoms with Gasteiger partial charge in [-0.05, 0) is 44.9 Å². The fourth-order valence-electron chi connectivity index (χ4n) is 3.30. The zero-order chi connectivity index (χ0) is 18.7. The molecule has 0 radical (unpaired) electrons. The topological polar surface area (TPSA) is 40.5 Å². The largest absolute Gasteiger partial charge is 0.478 e. The third-order valence-corrected chi connectivity index (χ3v) is 7.41. The summed E-state index contributed by atoms with van der Waals surface area (Å²) in [5.41, 5.74) is 0.532. The fourth-order valence-corrected chi connectivity index (χ4v) is 5.82. The SMILES string of the molecule is C[C@H](C1C=CC(P(c2ccccc2)c2ccccc2)=C1C(=O)O)N(C)C. The molecule has 3 rings (SSSR count). The summed E-state index contributed by atoms with van der Waals surface area (Å²) in [6.07, 6.45) is 4.10. The average molecular weight is 365 g/mol. The van der Waals surface area contributed by atoms with Crippen LogP contribution in [0.1, 0.15) is 6.92 Å². The van der Waals surface area contributed by atoms with Gasteiger partial charge in [0.2, 0.25) is 0 Å². The highest BCUT2D eigenvalue weighted by Crippen LogP contribution is 2.50. The Balaban J connectivity index is 2.16. The van der Waals surface area contributed by atoms with E-state index in [2.05, 4.69) is 42.2 Å². The van der Waals surface area contributed by atoms with Crippen LogP contribution < -0.4 is 10.6 Å². The molecule has 3 nitrogen and oxygen atoms in total. The first-order valence-electron chi connectivity index (χ1n) is 8.73. The average Bonchev–Trinajstić information content (AvgIpc) is 3.08. The van der Waals surface area contributed by atoms with Crippen molar-refractivity contribution in [3.63, 3.8) is 0 Å². The van der Waals surface area contributed by atoms with Gasteiger partial charge in [0.05, 0.1) is 5.57 Å². The molecular formula is C22H24NO2P. The number of nitrogens with zero attached hydrogens (tertiary/aromatic N) is 1. The van der Waals surface area contributed by atoms with Crippen LogP contribution in [0, 0.1) is 5.92 Å². The first-order chi connectivity index (χ1) is 12.5. The van der Waals surface area contributed by atoms with Gasteiger partial charge in [-0.25, -0.2) is 4.79 Å². The third-order valence-electron chi connectivity index (χ3n) is 4.91. The van der Waals surface area contributed by atoms with E-state index in [4.69, 9.17) is 0 Å². The molecule has 134 valence electrons. The van der Waals surface area contributed by atoms with E-state index < -0.39 is 13.9 Å². The Bertz CT molecular complexity index is 788.